The number of nitrogens with one attached hydrogen (secondary N) is 6. The van der Waals surface area contributed by atoms with Crippen LogP contribution in [0.25, 0.3) is 22.3 Å². The fourth-order valence-corrected chi connectivity index (χ4v) is 12.1. The number of hydrogen-bond acceptors (Lipinski definition) is 22. The first-order valence-electron chi connectivity index (χ1n) is 30.7. The van der Waals surface area contributed by atoms with Crippen molar-refractivity contribution in [3.05, 3.63) is 144 Å². The quantitative estimate of drug-likeness (QED) is 0.0162. The predicted octanol–water partition coefficient (Wildman–Crippen LogP) is -1.65. The van der Waals surface area contributed by atoms with Crippen LogP contribution in [0.4, 0.5) is 0 Å². The van der Waals surface area contributed by atoms with Gasteiger partial charge in [0.15, 0.2) is 0 Å². The third-order valence-corrected chi connectivity index (χ3v) is 17.8. The second kappa shape index (κ2) is 37.6. The Labute approximate surface area is 588 Å². The first-order chi connectivity index (χ1) is 45.8. The molecule has 2 aliphatic heterocycles. The molecule has 2 aliphatic rings. The van der Waals surface area contributed by atoms with Crippen molar-refractivity contribution in [3.63, 3.8) is 0 Å². The topological polar surface area (TPSA) is 448 Å². The van der Waals surface area contributed by atoms with Gasteiger partial charge in [-0.05, 0) is 119 Å². The molecule has 97 heavy (non-hydrogen) atoms. The Hall–Kier alpha value is -7.24. The number of rotatable bonds is 34. The normalized spacial score (nSPS) is 21.8. The molecule has 2 unspecified atom stereocenters. The Morgan fingerprint density at radius 1 is 0.474 bits per heavy atom. The maximum absolute atomic E-state index is 13.0. The number of aliphatic hydroxyl groups excluding tert-OH is 6. The third-order valence-electron chi connectivity index (χ3n) is 15.6. The minimum Gasteiger partial charge on any atom is -0.508 e. The number of aromatic hydroxyl groups is 2. The third kappa shape index (κ3) is 22.4. The molecule has 2 heterocycles. The maximum atomic E-state index is 13.0. The average Bonchev–Trinajstić information content (AvgIpc) is 0.778. The van der Waals surface area contributed by atoms with Gasteiger partial charge in [0.25, 0.3) is 35.2 Å². The molecule has 5 aromatic rings. The molecule has 518 valence electrons. The maximum Gasteiger partial charge on any atom is 1.00 e. The van der Waals surface area contributed by atoms with Gasteiger partial charge in [0, 0.05) is 86.6 Å². The van der Waals surface area contributed by atoms with Gasteiger partial charge in [0.1, 0.15) is 35.9 Å². The number of hydrogen-bond donors (Lipinski definition) is 16. The number of thioether (sulfide) groups is 2. The van der Waals surface area contributed by atoms with Gasteiger partial charge in [-0.25, -0.2) is 9.59 Å². The molecule has 16 N–H and O–H groups in total. The molecular formula is C66H80N6NaO22S2+. The summed E-state index contributed by atoms with van der Waals surface area (Å²) in [6.45, 7) is 1.28. The summed E-state index contributed by atoms with van der Waals surface area (Å²) in [5.41, 5.74) is 4.11. The second-order valence-corrected chi connectivity index (χ2v) is 25.2. The van der Waals surface area contributed by atoms with E-state index in [2.05, 4.69) is 31.9 Å². The van der Waals surface area contributed by atoms with Crippen LogP contribution in [-0.4, -0.2) is 233 Å². The number of ether oxygens (including phenoxy) is 4. The first-order valence-corrected chi connectivity index (χ1v) is 33.0. The van der Waals surface area contributed by atoms with Crippen LogP contribution in [0.5, 0.6) is 11.5 Å². The van der Waals surface area contributed by atoms with Crippen LogP contribution >= 0.6 is 23.5 Å². The van der Waals surface area contributed by atoms with E-state index in [0.29, 0.717) is 23.0 Å². The summed E-state index contributed by atoms with van der Waals surface area (Å²) in [6, 6.07) is 29.0. The van der Waals surface area contributed by atoms with Crippen molar-refractivity contribution in [1.82, 2.24) is 31.9 Å². The van der Waals surface area contributed by atoms with Crippen LogP contribution in [-0.2, 0) is 38.1 Å². The van der Waals surface area contributed by atoms with E-state index in [9.17, 15) is 89.4 Å². The molecule has 7 rings (SSSR count). The van der Waals surface area contributed by atoms with Gasteiger partial charge in [0.05, 0.1) is 49.7 Å². The monoisotopic (exact) mass is 1400 g/mol. The Morgan fingerprint density at radius 3 is 1.06 bits per heavy atom. The van der Waals surface area contributed by atoms with E-state index in [1.54, 1.807) is 48.5 Å². The zero-order chi connectivity index (χ0) is 69.7. The van der Waals surface area contributed by atoms with Gasteiger partial charge >= 0.3 is 41.5 Å². The van der Waals surface area contributed by atoms with Crippen molar-refractivity contribution in [2.45, 2.75) is 112 Å². The van der Waals surface area contributed by atoms with Crippen molar-refractivity contribution in [2.24, 2.45) is 0 Å². The van der Waals surface area contributed by atoms with E-state index in [4.69, 9.17) is 18.9 Å². The van der Waals surface area contributed by atoms with E-state index < -0.39 is 146 Å². The largest absolute Gasteiger partial charge is 1.00 e. The molecule has 31 heteroatoms. The molecule has 5 aromatic carbocycles. The number of aliphatic carboxylic acids is 2. The summed E-state index contributed by atoms with van der Waals surface area (Å²) >= 11 is 2.82. The Bertz CT molecular complexity index is 3210. The van der Waals surface area contributed by atoms with Gasteiger partial charge in [-0.3, -0.25) is 28.8 Å². The molecule has 0 aromatic heterocycles. The first kappa shape index (κ1) is 78.8. The zero-order valence-corrected chi connectivity index (χ0v) is 57.0. The fourth-order valence-electron chi connectivity index (χ4n) is 10.6. The van der Waals surface area contributed by atoms with Crippen molar-refractivity contribution in [3.8, 4) is 33.8 Å². The van der Waals surface area contributed by atoms with Gasteiger partial charge in [0.2, 0.25) is 11.8 Å². The summed E-state index contributed by atoms with van der Waals surface area (Å²) in [5.74, 6) is -9.69. The Balaban J connectivity index is 0.0000149. The average molecular weight is 1400 g/mol. The molecular weight excluding hydrogens is 1320 g/mol. The molecule has 2 saturated heterocycles. The number of carboxylic acids is 2. The molecule has 28 nitrogen and oxygen atoms in total. The van der Waals surface area contributed by atoms with Crippen LogP contribution in [0, 0.1) is 0 Å². The van der Waals surface area contributed by atoms with E-state index in [1.165, 1.54) is 96.3 Å². The fraction of sp³-hybridized carbons (Fsp3) is 0.424. The van der Waals surface area contributed by atoms with Crippen molar-refractivity contribution >= 4 is 70.9 Å². The summed E-state index contributed by atoms with van der Waals surface area (Å²) in [6.07, 6.45) is -14.9. The Kier molecular flexibility index (Phi) is 30.6. The van der Waals surface area contributed by atoms with Crippen molar-refractivity contribution < 1.29 is 138 Å². The molecule has 6 amide bonds. The van der Waals surface area contributed by atoms with Crippen molar-refractivity contribution in [1.29, 1.82) is 0 Å². The predicted molar refractivity (Wildman–Crippen MR) is 350 cm³/mol. The number of phenols is 2. The van der Waals surface area contributed by atoms with Crippen LogP contribution in [0.15, 0.2) is 121 Å². The van der Waals surface area contributed by atoms with E-state index in [-0.39, 0.29) is 102 Å². The molecule has 0 spiro atoms. The van der Waals surface area contributed by atoms with Gasteiger partial charge < -0.3 is 102 Å². The number of aliphatic hydroxyl groups is 6. The summed E-state index contributed by atoms with van der Waals surface area (Å²) in [5, 5.41) is 122. The second-order valence-electron chi connectivity index (χ2n) is 22.8. The number of benzene rings is 5. The summed E-state index contributed by atoms with van der Waals surface area (Å²) in [7, 11) is 0. The molecule has 12 atom stereocenters. The van der Waals surface area contributed by atoms with Crippen LogP contribution < -0.4 is 61.5 Å². The smallest absolute Gasteiger partial charge is 0.508 e. The minimum absolute atomic E-state index is 0. The van der Waals surface area contributed by atoms with Crippen LogP contribution in [0.3, 0.4) is 0 Å². The number of phenolic OH excluding ortho intramolecular Hbond substituents is 2. The Morgan fingerprint density at radius 2 is 0.763 bits per heavy atom. The standard InChI is InChI=1S/C66H80N6O22S2.Na/c1-37(73)71-53-49(77)33-65(63(87)88,93-57(53)55(81)51(79)35-69-61(85)45-9-5-39(6-10-45)41-17-21-47(75)22-18-41)91-27-3-29-95-31-25-67-59(83)43-13-15-44(16-14-43)60(84)68-26-32-96-30-4-28-92-66(64(89)90)34-50(78)54(72-38(2)74)58(94-66)56(82)52(80)36-70-62(86)46-11-7-40(8-12-46)42-19-23-48(76)24-20-42;/h5-24,49-58,75-82H,3-4,25-36H2,1-2H3,(H,67,83)(H,68,84)(H,69,85)(H,70,86)(H,71,73)(H,72,74)(H,87,88)(H,89,90);/q;+1/t49-,50-,51+,52+,53+,54+,55?,56?,57+,58+,65+,66+;/m0./s1. The van der Waals surface area contributed by atoms with Crippen molar-refractivity contribution in [2.75, 3.05) is 62.4 Å². The van der Waals surface area contributed by atoms with Gasteiger partial charge in [-0.2, -0.15) is 23.5 Å². The SMILES string of the molecule is CC(=O)N[C@@H]1[C@@H](O)C[C@](OCCCSCCNC(=O)c2ccc(C(=O)NCCSCCCO[C@]3(C(=O)O)C[C@H](O)[C@@H](NC(C)=O)[C@H](C(O)[C@H](O)CNC(=O)c4ccc(-c5ccc(O)cc5)cc4)O3)cc2)(C(=O)O)O[C@H]1C(O)[C@H](O)CNC(=O)c1ccc(-c2ccc(O)cc2)cc1.[Na+]. The van der Waals surface area contributed by atoms with Gasteiger partial charge in [-0.1, -0.05) is 48.5 Å². The summed E-state index contributed by atoms with van der Waals surface area (Å²) < 4.78 is 23.1. The van der Waals surface area contributed by atoms with E-state index >= 15 is 0 Å². The molecule has 0 radical (unpaired) electrons. The molecule has 2 fully saturated rings. The van der Waals surface area contributed by atoms with Gasteiger partial charge in [-0.15, -0.1) is 0 Å². The molecule has 0 saturated carbocycles. The molecule has 0 aliphatic carbocycles. The molecule has 0 bridgehead atoms. The van der Waals surface area contributed by atoms with Crippen LogP contribution in [0.1, 0.15) is 81.0 Å². The minimum atomic E-state index is -2.51. The number of amides is 6. The number of carbonyl (C=O) groups excluding carboxylic acids is 6. The number of carbonyl (C=O) groups is 8. The number of carboxylic acid groups (broad SMARTS) is 2. The van der Waals surface area contributed by atoms with Crippen LogP contribution in [0.2, 0.25) is 0 Å². The zero-order valence-electron chi connectivity index (χ0n) is 53.4. The van der Waals surface area contributed by atoms with E-state index in [0.717, 1.165) is 36.1 Å². The summed E-state index contributed by atoms with van der Waals surface area (Å²) in [4.78, 5) is 102. The van der Waals surface area contributed by atoms with E-state index in [1.807, 2.05) is 0 Å².